The molecule has 0 unspecified atom stereocenters. The summed E-state index contributed by atoms with van der Waals surface area (Å²) < 4.78 is 0. The molecule has 4 rings (SSSR count). The topological polar surface area (TPSA) is 53.5 Å². The van der Waals surface area contributed by atoms with Crippen molar-refractivity contribution >= 4 is 23.2 Å². The molecule has 3 fully saturated rings. The number of rotatable bonds is 3. The van der Waals surface area contributed by atoms with Crippen molar-refractivity contribution in [1.82, 2.24) is 14.8 Å². The molecule has 2 saturated heterocycles. The van der Waals surface area contributed by atoms with Crippen molar-refractivity contribution in [2.45, 2.75) is 51.0 Å². The second kappa shape index (κ2) is 5.89. The third-order valence-electron chi connectivity index (χ3n) is 5.21. The fourth-order valence-electron chi connectivity index (χ4n) is 3.83. The smallest absolute Gasteiger partial charge is 0.228 e. The molecule has 124 valence electrons. The minimum absolute atomic E-state index is 0.125. The first-order valence-corrected chi connectivity index (χ1v) is 9.50. The van der Waals surface area contributed by atoms with Crippen LogP contribution in [0.1, 0.15) is 48.7 Å². The number of aryl methyl sites for hydroxylation is 1. The van der Waals surface area contributed by atoms with E-state index < -0.39 is 0 Å². The average molecular weight is 333 g/mol. The number of aromatic nitrogens is 1. The van der Waals surface area contributed by atoms with Gasteiger partial charge in [0.15, 0.2) is 0 Å². The number of nitrogens with zero attached hydrogens (tertiary/aromatic N) is 3. The van der Waals surface area contributed by atoms with Gasteiger partial charge in [0.25, 0.3) is 0 Å². The fraction of sp³-hybridized carbons (Fsp3) is 0.706. The molecule has 0 spiro atoms. The first-order chi connectivity index (χ1) is 11.1. The Morgan fingerprint density at radius 2 is 2.13 bits per heavy atom. The van der Waals surface area contributed by atoms with E-state index in [4.69, 9.17) is 0 Å². The summed E-state index contributed by atoms with van der Waals surface area (Å²) in [4.78, 5) is 33.5. The van der Waals surface area contributed by atoms with Gasteiger partial charge in [0, 0.05) is 49.1 Å². The maximum atomic E-state index is 12.8. The zero-order chi connectivity index (χ0) is 16.0. The molecule has 0 N–H and O–H groups in total. The SMILES string of the molecule is Cc1csc([C@H]2CCCN(C(=O)[C@H]3CC(=O)N(C4CC4)C3)C2)n1. The van der Waals surface area contributed by atoms with Crippen LogP contribution in [0.5, 0.6) is 0 Å². The number of thiazole rings is 1. The van der Waals surface area contributed by atoms with Crippen molar-refractivity contribution < 1.29 is 9.59 Å². The highest BCUT2D eigenvalue weighted by Crippen LogP contribution is 2.35. The molecule has 2 aliphatic heterocycles. The molecule has 1 aromatic heterocycles. The summed E-state index contributed by atoms with van der Waals surface area (Å²) in [5.41, 5.74) is 1.06. The number of piperidine rings is 1. The van der Waals surface area contributed by atoms with E-state index in [9.17, 15) is 9.59 Å². The molecule has 0 bridgehead atoms. The predicted octanol–water partition coefficient (Wildman–Crippen LogP) is 2.17. The minimum Gasteiger partial charge on any atom is -0.342 e. The molecule has 1 aliphatic carbocycles. The summed E-state index contributed by atoms with van der Waals surface area (Å²) >= 11 is 1.70. The molecule has 0 radical (unpaired) electrons. The summed E-state index contributed by atoms with van der Waals surface area (Å²) in [7, 11) is 0. The van der Waals surface area contributed by atoms with Crippen LogP contribution in [0.3, 0.4) is 0 Å². The zero-order valence-electron chi connectivity index (χ0n) is 13.5. The lowest BCUT2D eigenvalue weighted by Gasteiger charge is -2.33. The number of amides is 2. The van der Waals surface area contributed by atoms with Crippen LogP contribution >= 0.6 is 11.3 Å². The van der Waals surface area contributed by atoms with Crippen LogP contribution < -0.4 is 0 Å². The Hall–Kier alpha value is -1.43. The number of hydrogen-bond acceptors (Lipinski definition) is 4. The number of carbonyl (C=O) groups is 2. The molecule has 6 heteroatoms. The third-order valence-corrected chi connectivity index (χ3v) is 6.34. The molecule has 2 atom stereocenters. The Balaban J connectivity index is 1.41. The second-order valence-electron chi connectivity index (χ2n) is 7.13. The van der Waals surface area contributed by atoms with Gasteiger partial charge in [-0.1, -0.05) is 0 Å². The summed E-state index contributed by atoms with van der Waals surface area (Å²) in [6.07, 6.45) is 4.77. The molecule has 1 aromatic rings. The first-order valence-electron chi connectivity index (χ1n) is 8.62. The van der Waals surface area contributed by atoms with Crippen LogP contribution in [-0.4, -0.2) is 52.3 Å². The van der Waals surface area contributed by atoms with E-state index in [1.165, 1.54) is 0 Å². The maximum absolute atomic E-state index is 12.8. The van der Waals surface area contributed by atoms with Gasteiger partial charge in [-0.3, -0.25) is 9.59 Å². The third kappa shape index (κ3) is 3.01. The highest BCUT2D eigenvalue weighted by atomic mass is 32.1. The number of carbonyl (C=O) groups excluding carboxylic acids is 2. The van der Waals surface area contributed by atoms with E-state index in [1.54, 1.807) is 11.3 Å². The molecule has 5 nitrogen and oxygen atoms in total. The molecule has 2 amide bonds. The van der Waals surface area contributed by atoms with Gasteiger partial charge in [-0.15, -0.1) is 11.3 Å². The van der Waals surface area contributed by atoms with Crippen molar-refractivity contribution in [1.29, 1.82) is 0 Å². The monoisotopic (exact) mass is 333 g/mol. The summed E-state index contributed by atoms with van der Waals surface area (Å²) in [5.74, 6) is 0.595. The summed E-state index contributed by atoms with van der Waals surface area (Å²) in [5, 5.41) is 3.24. The molecule has 3 aliphatic rings. The summed E-state index contributed by atoms with van der Waals surface area (Å²) in [6.45, 7) is 4.25. The average Bonchev–Trinajstić information content (AvgIpc) is 3.19. The Morgan fingerprint density at radius 1 is 1.30 bits per heavy atom. The highest BCUT2D eigenvalue weighted by Gasteiger charge is 2.43. The Kier molecular flexibility index (Phi) is 3.87. The van der Waals surface area contributed by atoms with Gasteiger partial charge in [0.1, 0.15) is 0 Å². The molecular formula is C17H23N3O2S. The second-order valence-corrected chi connectivity index (χ2v) is 8.02. The van der Waals surface area contributed by atoms with Gasteiger partial charge in [-0.2, -0.15) is 0 Å². The van der Waals surface area contributed by atoms with Gasteiger partial charge in [-0.25, -0.2) is 4.98 Å². The van der Waals surface area contributed by atoms with Crippen molar-refractivity contribution in [2.75, 3.05) is 19.6 Å². The largest absolute Gasteiger partial charge is 0.342 e. The zero-order valence-corrected chi connectivity index (χ0v) is 14.3. The van der Waals surface area contributed by atoms with Gasteiger partial charge < -0.3 is 9.80 Å². The molecule has 1 saturated carbocycles. The first kappa shape index (κ1) is 15.1. The van der Waals surface area contributed by atoms with E-state index in [-0.39, 0.29) is 17.7 Å². The Labute approximate surface area is 140 Å². The van der Waals surface area contributed by atoms with Gasteiger partial charge in [-0.05, 0) is 32.6 Å². The van der Waals surface area contributed by atoms with Crippen LogP contribution in [0.2, 0.25) is 0 Å². The lowest BCUT2D eigenvalue weighted by atomic mass is 9.96. The van der Waals surface area contributed by atoms with E-state index >= 15 is 0 Å². The van der Waals surface area contributed by atoms with E-state index in [2.05, 4.69) is 10.4 Å². The summed E-state index contributed by atoms with van der Waals surface area (Å²) in [6, 6.07) is 0.424. The Morgan fingerprint density at radius 3 is 2.83 bits per heavy atom. The van der Waals surface area contributed by atoms with Gasteiger partial charge in [0.2, 0.25) is 11.8 Å². The van der Waals surface area contributed by atoms with Crippen molar-refractivity contribution in [2.24, 2.45) is 5.92 Å². The van der Waals surface area contributed by atoms with Crippen molar-refractivity contribution in [3.8, 4) is 0 Å². The van der Waals surface area contributed by atoms with Crippen LogP contribution in [0, 0.1) is 12.8 Å². The van der Waals surface area contributed by atoms with E-state index in [1.807, 2.05) is 16.7 Å². The van der Waals surface area contributed by atoms with Crippen LogP contribution in [0.25, 0.3) is 0 Å². The van der Waals surface area contributed by atoms with Crippen LogP contribution in [0.15, 0.2) is 5.38 Å². The quantitative estimate of drug-likeness (QED) is 0.852. The standard InChI is InChI=1S/C17H23N3O2S/c1-11-10-23-16(18-11)12-3-2-6-19(8-12)17(22)13-7-15(21)20(9-13)14-4-5-14/h10,12-14H,2-9H2,1H3/t12-,13-/m0/s1. The number of hydrogen-bond donors (Lipinski definition) is 0. The molecule has 3 heterocycles. The minimum atomic E-state index is -0.125. The molecular weight excluding hydrogens is 310 g/mol. The van der Waals surface area contributed by atoms with E-state index in [0.717, 1.165) is 49.5 Å². The normalized spacial score (nSPS) is 28.5. The van der Waals surface area contributed by atoms with Gasteiger partial charge >= 0.3 is 0 Å². The fourth-order valence-corrected chi connectivity index (χ4v) is 4.76. The lowest BCUT2D eigenvalue weighted by Crippen LogP contribution is -2.43. The van der Waals surface area contributed by atoms with E-state index in [0.29, 0.717) is 24.9 Å². The number of likely N-dealkylation sites (tertiary alicyclic amines) is 2. The maximum Gasteiger partial charge on any atom is 0.228 e. The van der Waals surface area contributed by atoms with Crippen LogP contribution in [0.4, 0.5) is 0 Å². The highest BCUT2D eigenvalue weighted by molar-refractivity contribution is 7.09. The molecule has 0 aromatic carbocycles. The predicted molar refractivity (Wildman–Crippen MR) is 88.2 cm³/mol. The van der Waals surface area contributed by atoms with Crippen molar-refractivity contribution in [3.63, 3.8) is 0 Å². The Bertz CT molecular complexity index is 625. The van der Waals surface area contributed by atoms with Crippen LogP contribution in [-0.2, 0) is 9.59 Å². The van der Waals surface area contributed by atoms with Gasteiger partial charge in [0.05, 0.1) is 10.9 Å². The molecule has 23 heavy (non-hydrogen) atoms. The van der Waals surface area contributed by atoms with Crippen molar-refractivity contribution in [3.05, 3.63) is 16.1 Å². The lowest BCUT2D eigenvalue weighted by molar-refractivity contribution is -0.137.